The van der Waals surface area contributed by atoms with Gasteiger partial charge in [0.1, 0.15) is 5.54 Å². The molecule has 4 rings (SSSR count). The maximum atomic E-state index is 14.2. The van der Waals surface area contributed by atoms with Gasteiger partial charge in [0.05, 0.1) is 25.4 Å². The minimum atomic E-state index is -0.948. The van der Waals surface area contributed by atoms with Gasteiger partial charge in [-0.25, -0.2) is 9.86 Å². The monoisotopic (exact) mass is 488 g/mol. The molecule has 3 heterocycles. The molecule has 1 spiro atoms. The van der Waals surface area contributed by atoms with E-state index in [2.05, 4.69) is 0 Å². The molecule has 0 radical (unpaired) electrons. The second kappa shape index (κ2) is 10.7. The van der Waals surface area contributed by atoms with Crippen molar-refractivity contribution in [1.29, 1.82) is 0 Å². The fourth-order valence-electron chi connectivity index (χ4n) is 5.44. The summed E-state index contributed by atoms with van der Waals surface area (Å²) >= 11 is 0. The zero-order valence-electron chi connectivity index (χ0n) is 21.3. The van der Waals surface area contributed by atoms with Gasteiger partial charge < -0.3 is 19.0 Å². The Morgan fingerprint density at radius 3 is 2.31 bits per heavy atom. The van der Waals surface area contributed by atoms with Crippen molar-refractivity contribution in [2.45, 2.75) is 65.0 Å². The van der Waals surface area contributed by atoms with Crippen molar-refractivity contribution in [3.63, 3.8) is 0 Å². The fourth-order valence-corrected chi connectivity index (χ4v) is 5.44. The number of carbonyl (C=O) groups excluding carboxylic acids is 2. The number of benzene rings is 1. The first kappa shape index (κ1) is 25.6. The van der Waals surface area contributed by atoms with Gasteiger partial charge in [0, 0.05) is 26.3 Å². The van der Waals surface area contributed by atoms with Gasteiger partial charge in [-0.15, -0.1) is 0 Å². The summed E-state index contributed by atoms with van der Waals surface area (Å²) in [5.74, 6) is 0.00975. The van der Waals surface area contributed by atoms with Crippen LogP contribution in [0.2, 0.25) is 0 Å². The first-order valence-corrected chi connectivity index (χ1v) is 12.4. The summed E-state index contributed by atoms with van der Waals surface area (Å²) in [6.07, 6.45) is 1.37. The lowest BCUT2D eigenvalue weighted by Crippen LogP contribution is -2.56. The van der Waals surface area contributed by atoms with Crippen molar-refractivity contribution in [3.05, 3.63) is 40.1 Å². The normalized spacial score (nSPS) is 21.2. The Labute approximate surface area is 206 Å². The Morgan fingerprint density at radius 2 is 1.74 bits per heavy atom. The van der Waals surface area contributed by atoms with E-state index in [1.807, 2.05) is 38.0 Å². The van der Waals surface area contributed by atoms with Crippen LogP contribution in [-0.2, 0) is 28.7 Å². The van der Waals surface area contributed by atoms with Gasteiger partial charge in [0.15, 0.2) is 5.76 Å². The molecule has 0 bridgehead atoms. The van der Waals surface area contributed by atoms with Crippen LogP contribution in [0.5, 0.6) is 0 Å². The molecule has 1 aromatic rings. The van der Waals surface area contributed by atoms with Gasteiger partial charge in [-0.1, -0.05) is 17.7 Å². The number of carbonyl (C=O) groups is 2. The highest BCUT2D eigenvalue weighted by Gasteiger charge is 2.57. The Kier molecular flexibility index (Phi) is 7.80. The first-order valence-electron chi connectivity index (χ1n) is 12.4. The Balaban J connectivity index is 1.85. The molecule has 0 saturated carbocycles. The highest BCUT2D eigenvalue weighted by atomic mass is 16.7. The lowest BCUT2D eigenvalue weighted by molar-refractivity contribution is -0.259. The van der Waals surface area contributed by atoms with E-state index < -0.39 is 11.7 Å². The Hall–Kier alpha value is -2.46. The zero-order chi connectivity index (χ0) is 25.2. The molecule has 3 aliphatic rings. The molecule has 2 saturated heterocycles. The van der Waals surface area contributed by atoms with E-state index >= 15 is 0 Å². The maximum absolute atomic E-state index is 14.2. The smallest absolute Gasteiger partial charge is 0.434 e. The number of nitrogens with zero attached hydrogens (tertiary/aromatic N) is 2. The van der Waals surface area contributed by atoms with Crippen LogP contribution in [0.4, 0.5) is 4.79 Å². The molecule has 1 amide bonds. The predicted octanol–water partition coefficient (Wildman–Crippen LogP) is 3.84. The van der Waals surface area contributed by atoms with Crippen LogP contribution < -0.4 is 0 Å². The van der Waals surface area contributed by atoms with Gasteiger partial charge in [0.2, 0.25) is 0 Å². The standard InChI is InChI=1S/C26H36N2O7/c1-6-33-25(30)34-23-22(21-18(3)15-17(2)16-19(21)4)24(29)28(35-20-7-13-32-14-8-20)26(23)9-11-27(31-5)12-10-26/h15-16,20H,6-14H2,1-5H3. The lowest BCUT2D eigenvalue weighted by Gasteiger charge is -2.44. The number of hydroxylamine groups is 4. The number of rotatable bonds is 6. The number of aryl methyl sites for hydroxylation is 3. The largest absolute Gasteiger partial charge is 0.513 e. The van der Waals surface area contributed by atoms with Gasteiger partial charge in [0.25, 0.3) is 5.91 Å². The van der Waals surface area contributed by atoms with E-state index in [4.69, 9.17) is 23.9 Å². The molecule has 192 valence electrons. The molecule has 0 aromatic heterocycles. The second-order valence-corrected chi connectivity index (χ2v) is 9.42. The quantitative estimate of drug-likeness (QED) is 0.558. The zero-order valence-corrected chi connectivity index (χ0v) is 21.3. The highest BCUT2D eigenvalue weighted by Crippen LogP contribution is 2.49. The molecule has 9 heteroatoms. The number of hydrogen-bond acceptors (Lipinski definition) is 8. The van der Waals surface area contributed by atoms with Crippen LogP contribution in [0.3, 0.4) is 0 Å². The molecule has 0 unspecified atom stereocenters. The van der Waals surface area contributed by atoms with Crippen LogP contribution in [0, 0.1) is 20.8 Å². The second-order valence-electron chi connectivity index (χ2n) is 9.42. The maximum Gasteiger partial charge on any atom is 0.513 e. The van der Waals surface area contributed by atoms with Crippen molar-refractivity contribution in [2.75, 3.05) is 40.0 Å². The van der Waals surface area contributed by atoms with E-state index in [0.29, 0.717) is 63.3 Å². The summed E-state index contributed by atoms with van der Waals surface area (Å²) in [4.78, 5) is 38.7. The van der Waals surface area contributed by atoms with Crippen LogP contribution in [0.25, 0.3) is 5.57 Å². The van der Waals surface area contributed by atoms with E-state index in [1.165, 1.54) is 5.06 Å². The molecule has 3 aliphatic heterocycles. The molecular weight excluding hydrogens is 452 g/mol. The number of amides is 1. The number of ether oxygens (including phenoxy) is 3. The molecule has 2 fully saturated rings. The highest BCUT2D eigenvalue weighted by molar-refractivity contribution is 6.23. The van der Waals surface area contributed by atoms with E-state index in [1.54, 1.807) is 14.0 Å². The average Bonchev–Trinajstić information content (AvgIpc) is 3.02. The van der Waals surface area contributed by atoms with Crippen molar-refractivity contribution in [1.82, 2.24) is 10.1 Å². The van der Waals surface area contributed by atoms with Crippen LogP contribution in [0.15, 0.2) is 17.9 Å². The summed E-state index contributed by atoms with van der Waals surface area (Å²) in [7, 11) is 1.63. The summed E-state index contributed by atoms with van der Waals surface area (Å²) in [5, 5.41) is 3.32. The van der Waals surface area contributed by atoms with Crippen LogP contribution in [-0.4, -0.2) is 73.9 Å². The van der Waals surface area contributed by atoms with Crippen molar-refractivity contribution < 1.29 is 33.5 Å². The summed E-state index contributed by atoms with van der Waals surface area (Å²) in [5.41, 5.74) is 3.16. The molecular formula is C26H36N2O7. The third kappa shape index (κ3) is 4.95. The van der Waals surface area contributed by atoms with E-state index in [-0.39, 0.29) is 18.6 Å². The third-order valence-corrected chi connectivity index (χ3v) is 7.04. The van der Waals surface area contributed by atoms with E-state index in [9.17, 15) is 9.59 Å². The third-order valence-electron chi connectivity index (χ3n) is 7.04. The topological polar surface area (TPSA) is 86.8 Å². The van der Waals surface area contributed by atoms with Gasteiger partial charge in [-0.3, -0.25) is 9.63 Å². The van der Waals surface area contributed by atoms with Crippen molar-refractivity contribution in [2.24, 2.45) is 0 Å². The van der Waals surface area contributed by atoms with Crippen LogP contribution in [0.1, 0.15) is 54.9 Å². The Bertz CT molecular complexity index is 968. The number of piperidine rings is 1. The fraction of sp³-hybridized carbons (Fsp3) is 0.615. The SMILES string of the molecule is CCOC(=O)OC1=C(c2c(C)cc(C)cc2C)C(=O)N(OC2CCOCC2)C12CCN(OC)CC2. The molecule has 0 N–H and O–H groups in total. The Morgan fingerprint density at radius 1 is 1.11 bits per heavy atom. The molecule has 9 nitrogen and oxygen atoms in total. The molecule has 35 heavy (non-hydrogen) atoms. The van der Waals surface area contributed by atoms with Gasteiger partial charge in [-0.2, -0.15) is 5.06 Å². The van der Waals surface area contributed by atoms with E-state index in [0.717, 1.165) is 22.3 Å². The minimum absolute atomic E-state index is 0.159. The summed E-state index contributed by atoms with van der Waals surface area (Å²) in [6.45, 7) is 10.1. The average molecular weight is 489 g/mol. The lowest BCUT2D eigenvalue weighted by atomic mass is 9.84. The first-order chi connectivity index (χ1) is 16.8. The minimum Gasteiger partial charge on any atom is -0.434 e. The van der Waals surface area contributed by atoms with Crippen molar-refractivity contribution >= 4 is 17.6 Å². The molecule has 1 aromatic carbocycles. The molecule has 0 aliphatic carbocycles. The van der Waals surface area contributed by atoms with Gasteiger partial charge >= 0.3 is 6.16 Å². The summed E-state index contributed by atoms with van der Waals surface area (Å²) < 4.78 is 16.5. The number of hydrogen-bond donors (Lipinski definition) is 0. The van der Waals surface area contributed by atoms with Crippen LogP contribution >= 0.6 is 0 Å². The summed E-state index contributed by atoms with van der Waals surface area (Å²) in [6, 6.07) is 4.07. The molecule has 0 atom stereocenters. The van der Waals surface area contributed by atoms with Crippen molar-refractivity contribution in [3.8, 4) is 0 Å². The predicted molar refractivity (Wildman–Crippen MR) is 128 cm³/mol. The van der Waals surface area contributed by atoms with Gasteiger partial charge in [-0.05, 0) is 70.1 Å².